The molecule has 0 saturated heterocycles. The van der Waals surface area contributed by atoms with Gasteiger partial charge in [0.15, 0.2) is 0 Å². The molecule has 0 aliphatic heterocycles. The topological polar surface area (TPSA) is 81.0 Å². The van der Waals surface area contributed by atoms with Crippen molar-refractivity contribution in [3.8, 4) is 0 Å². The molecule has 20 heavy (non-hydrogen) atoms. The average Bonchev–Trinajstić information content (AvgIpc) is 2.86. The first-order valence-electron chi connectivity index (χ1n) is 6.38. The van der Waals surface area contributed by atoms with Crippen molar-refractivity contribution in [3.05, 3.63) is 44.0 Å². The summed E-state index contributed by atoms with van der Waals surface area (Å²) < 4.78 is 0. The van der Waals surface area contributed by atoms with Crippen LogP contribution in [0.25, 0.3) is 0 Å². The Hall–Kier alpha value is -2.02. The zero-order valence-electron chi connectivity index (χ0n) is 11.4. The fourth-order valence-corrected chi connectivity index (χ4v) is 2.56. The molecule has 0 aliphatic rings. The quantitative estimate of drug-likeness (QED) is 0.654. The van der Waals surface area contributed by atoms with Crippen molar-refractivity contribution in [2.24, 2.45) is 0 Å². The van der Waals surface area contributed by atoms with E-state index in [1.54, 1.807) is 24.3 Å². The van der Waals surface area contributed by atoms with Gasteiger partial charge in [0.05, 0.1) is 15.6 Å². The van der Waals surface area contributed by atoms with Gasteiger partial charge in [-0.2, -0.15) is 0 Å². The second-order valence-electron chi connectivity index (χ2n) is 4.38. The van der Waals surface area contributed by atoms with Gasteiger partial charge in [-0.25, -0.2) is 9.97 Å². The highest BCUT2D eigenvalue weighted by Crippen LogP contribution is 2.18. The Labute approximate surface area is 121 Å². The van der Waals surface area contributed by atoms with Gasteiger partial charge in [0, 0.05) is 23.9 Å². The summed E-state index contributed by atoms with van der Waals surface area (Å²) in [6.45, 7) is 4.50. The van der Waals surface area contributed by atoms with Crippen molar-refractivity contribution in [2.75, 3.05) is 11.9 Å². The Bertz CT molecular complexity index is 612. The number of hydrogen-bond donors (Lipinski definition) is 1. The molecule has 2 aromatic rings. The molecular formula is C13H16N4O2S. The highest BCUT2D eigenvalue weighted by Gasteiger charge is 2.11. The summed E-state index contributed by atoms with van der Waals surface area (Å²) in [7, 11) is 0. The number of rotatable bonds is 6. The van der Waals surface area contributed by atoms with Crippen LogP contribution in [0.5, 0.6) is 0 Å². The molecule has 0 bridgehead atoms. The fraction of sp³-hybridized carbons (Fsp3) is 0.385. The number of aryl methyl sites for hydroxylation is 2. The summed E-state index contributed by atoms with van der Waals surface area (Å²) >= 11 is 1.67. The number of aromatic nitrogens is 2. The van der Waals surface area contributed by atoms with E-state index in [2.05, 4.69) is 27.6 Å². The van der Waals surface area contributed by atoms with Gasteiger partial charge in [-0.3, -0.25) is 10.1 Å². The molecular weight excluding hydrogens is 276 g/mol. The van der Waals surface area contributed by atoms with Gasteiger partial charge in [-0.05, 0) is 19.4 Å². The molecule has 0 amide bonds. The summed E-state index contributed by atoms with van der Waals surface area (Å²) in [6.07, 6.45) is 3.06. The zero-order valence-corrected chi connectivity index (χ0v) is 12.2. The molecule has 0 atom stereocenters. The molecule has 6 nitrogen and oxygen atoms in total. The van der Waals surface area contributed by atoms with E-state index in [4.69, 9.17) is 0 Å². The molecule has 1 N–H and O–H groups in total. The molecule has 2 heterocycles. The van der Waals surface area contributed by atoms with Crippen LogP contribution in [-0.4, -0.2) is 21.4 Å². The molecule has 7 heteroatoms. The number of hydrogen-bond acceptors (Lipinski definition) is 6. The Morgan fingerprint density at radius 1 is 1.50 bits per heavy atom. The van der Waals surface area contributed by atoms with Gasteiger partial charge < -0.3 is 5.32 Å². The van der Waals surface area contributed by atoms with E-state index >= 15 is 0 Å². The first-order chi connectivity index (χ1) is 9.60. The van der Waals surface area contributed by atoms with Crippen molar-refractivity contribution >= 4 is 22.8 Å². The third-order valence-corrected chi connectivity index (χ3v) is 3.91. The number of anilines is 1. The summed E-state index contributed by atoms with van der Waals surface area (Å²) in [5, 5.41) is 17.1. The highest BCUT2D eigenvalue weighted by molar-refractivity contribution is 7.09. The minimum Gasteiger partial charge on any atom is -0.370 e. The van der Waals surface area contributed by atoms with Crippen molar-refractivity contribution < 1.29 is 4.92 Å². The molecule has 0 aromatic carbocycles. The maximum absolute atomic E-state index is 10.7. The van der Waals surface area contributed by atoms with E-state index in [0.29, 0.717) is 17.9 Å². The number of nitrogens with zero attached hydrogens (tertiary/aromatic N) is 3. The number of thiazole rings is 1. The normalized spacial score (nSPS) is 10.5. The van der Waals surface area contributed by atoms with Crippen LogP contribution < -0.4 is 5.32 Å². The lowest BCUT2D eigenvalue weighted by Gasteiger charge is -2.05. The summed E-state index contributed by atoms with van der Waals surface area (Å²) in [6, 6.07) is 1.69. The van der Waals surface area contributed by atoms with Crippen molar-refractivity contribution in [1.29, 1.82) is 0 Å². The molecule has 106 valence electrons. The van der Waals surface area contributed by atoms with Crippen LogP contribution in [0.3, 0.4) is 0 Å². The van der Waals surface area contributed by atoms with E-state index in [1.165, 1.54) is 6.20 Å². The standard InChI is InChI=1S/C13H16N4O2S/c1-3-13-16-10(8-20-13)4-5-14-12-6-9(2)11(7-15-12)17(18)19/h6-8H,3-5H2,1-2H3,(H,14,15). The molecule has 2 rings (SSSR count). The highest BCUT2D eigenvalue weighted by atomic mass is 32.1. The molecule has 0 fully saturated rings. The van der Waals surface area contributed by atoms with Crippen molar-refractivity contribution in [1.82, 2.24) is 9.97 Å². The number of nitro groups is 1. The van der Waals surface area contributed by atoms with Crippen molar-refractivity contribution in [2.45, 2.75) is 26.7 Å². The molecule has 0 saturated carbocycles. The van der Waals surface area contributed by atoms with Crippen LogP contribution in [0.1, 0.15) is 23.2 Å². The second-order valence-corrected chi connectivity index (χ2v) is 5.32. The van der Waals surface area contributed by atoms with Gasteiger partial charge in [-0.1, -0.05) is 6.92 Å². The van der Waals surface area contributed by atoms with Crippen LogP contribution in [0, 0.1) is 17.0 Å². The van der Waals surface area contributed by atoms with E-state index in [9.17, 15) is 10.1 Å². The van der Waals surface area contributed by atoms with E-state index in [0.717, 1.165) is 23.5 Å². The SMILES string of the molecule is CCc1nc(CCNc2cc(C)c([N+](=O)[O-])cn2)cs1. The molecule has 0 radical (unpaired) electrons. The molecule has 0 aliphatic carbocycles. The lowest BCUT2D eigenvalue weighted by Crippen LogP contribution is -2.07. The van der Waals surface area contributed by atoms with Crippen LogP contribution in [0.2, 0.25) is 0 Å². The lowest BCUT2D eigenvalue weighted by molar-refractivity contribution is -0.385. The van der Waals surface area contributed by atoms with E-state index in [1.807, 2.05) is 0 Å². The Morgan fingerprint density at radius 2 is 2.30 bits per heavy atom. The van der Waals surface area contributed by atoms with E-state index < -0.39 is 4.92 Å². The minimum atomic E-state index is -0.423. The maximum atomic E-state index is 10.7. The lowest BCUT2D eigenvalue weighted by atomic mass is 10.2. The summed E-state index contributed by atoms with van der Waals surface area (Å²) in [4.78, 5) is 18.8. The zero-order chi connectivity index (χ0) is 14.5. The van der Waals surface area contributed by atoms with Crippen LogP contribution in [-0.2, 0) is 12.8 Å². The molecule has 0 spiro atoms. The van der Waals surface area contributed by atoms with Gasteiger partial charge >= 0.3 is 0 Å². The monoisotopic (exact) mass is 292 g/mol. The fourth-order valence-electron chi connectivity index (χ4n) is 1.78. The maximum Gasteiger partial charge on any atom is 0.290 e. The van der Waals surface area contributed by atoms with E-state index in [-0.39, 0.29) is 5.69 Å². The molecule has 0 unspecified atom stereocenters. The Morgan fingerprint density at radius 3 is 2.90 bits per heavy atom. The first-order valence-corrected chi connectivity index (χ1v) is 7.26. The third kappa shape index (κ3) is 3.51. The largest absolute Gasteiger partial charge is 0.370 e. The smallest absolute Gasteiger partial charge is 0.290 e. The summed E-state index contributed by atoms with van der Waals surface area (Å²) in [5.74, 6) is 0.652. The average molecular weight is 292 g/mol. The predicted molar refractivity (Wildman–Crippen MR) is 79.3 cm³/mol. The summed E-state index contributed by atoms with van der Waals surface area (Å²) in [5.41, 5.74) is 1.72. The van der Waals surface area contributed by atoms with Gasteiger partial charge in [0.1, 0.15) is 12.0 Å². The molecule has 2 aromatic heterocycles. The van der Waals surface area contributed by atoms with Crippen LogP contribution in [0.15, 0.2) is 17.6 Å². The number of nitrogens with one attached hydrogen (secondary N) is 1. The Balaban J connectivity index is 1.91. The van der Waals surface area contributed by atoms with Gasteiger partial charge in [-0.15, -0.1) is 11.3 Å². The third-order valence-electron chi connectivity index (χ3n) is 2.87. The van der Waals surface area contributed by atoms with Crippen LogP contribution in [0.4, 0.5) is 11.5 Å². The van der Waals surface area contributed by atoms with Gasteiger partial charge in [0.2, 0.25) is 0 Å². The predicted octanol–water partition coefficient (Wildman–Crippen LogP) is 2.97. The number of pyridine rings is 1. The van der Waals surface area contributed by atoms with Crippen LogP contribution >= 0.6 is 11.3 Å². The Kier molecular flexibility index (Phi) is 4.62. The first kappa shape index (κ1) is 14.4. The second kappa shape index (κ2) is 6.42. The van der Waals surface area contributed by atoms with Gasteiger partial charge in [0.25, 0.3) is 5.69 Å². The minimum absolute atomic E-state index is 0.0441. The van der Waals surface area contributed by atoms with Crippen molar-refractivity contribution in [3.63, 3.8) is 0 Å².